The van der Waals surface area contributed by atoms with Gasteiger partial charge < -0.3 is 5.32 Å². The summed E-state index contributed by atoms with van der Waals surface area (Å²) >= 11 is 0. The molecular weight excluding hydrogens is 226 g/mol. The molecule has 0 aliphatic heterocycles. The number of likely N-dealkylation sites (N-methyl/N-ethyl adjacent to an activating group) is 1. The zero-order valence-corrected chi connectivity index (χ0v) is 10.9. The second-order valence-corrected chi connectivity index (χ2v) is 4.11. The van der Waals surface area contributed by atoms with Crippen molar-refractivity contribution in [3.8, 4) is 6.07 Å². The van der Waals surface area contributed by atoms with Crippen molar-refractivity contribution in [1.29, 1.82) is 5.26 Å². The van der Waals surface area contributed by atoms with Gasteiger partial charge in [0.25, 0.3) is 0 Å². The van der Waals surface area contributed by atoms with Crippen LogP contribution in [0.5, 0.6) is 0 Å². The number of carbonyl (C=O) groups excluding carboxylic acids is 1. The Hall–Kier alpha value is -1.86. The van der Waals surface area contributed by atoms with Gasteiger partial charge in [0, 0.05) is 5.69 Å². The van der Waals surface area contributed by atoms with Gasteiger partial charge in [-0.25, -0.2) is 0 Å². The molecule has 0 aromatic heterocycles. The van der Waals surface area contributed by atoms with E-state index in [0.717, 1.165) is 19.5 Å². The molecule has 0 fully saturated rings. The number of hydrogen-bond donors (Lipinski definition) is 1. The lowest BCUT2D eigenvalue weighted by Crippen LogP contribution is -2.33. The first-order chi connectivity index (χ1) is 8.69. The van der Waals surface area contributed by atoms with Gasteiger partial charge in [-0.05, 0) is 37.7 Å². The summed E-state index contributed by atoms with van der Waals surface area (Å²) in [4.78, 5) is 13.9. The largest absolute Gasteiger partial charge is 0.325 e. The predicted molar refractivity (Wildman–Crippen MR) is 72.2 cm³/mol. The highest BCUT2D eigenvalue weighted by Crippen LogP contribution is 2.09. The van der Waals surface area contributed by atoms with Crippen molar-refractivity contribution in [3.05, 3.63) is 29.8 Å². The van der Waals surface area contributed by atoms with Crippen molar-refractivity contribution in [2.45, 2.75) is 20.3 Å². The van der Waals surface area contributed by atoms with E-state index in [1.54, 1.807) is 24.3 Å². The molecule has 1 N–H and O–H groups in total. The first-order valence-electron chi connectivity index (χ1n) is 6.22. The minimum atomic E-state index is -0.0413. The maximum absolute atomic E-state index is 11.8. The summed E-state index contributed by atoms with van der Waals surface area (Å²) in [5.74, 6) is -0.0413. The molecule has 0 aliphatic carbocycles. The van der Waals surface area contributed by atoms with Gasteiger partial charge in [-0.3, -0.25) is 9.69 Å². The lowest BCUT2D eigenvalue weighted by atomic mass is 10.2. The summed E-state index contributed by atoms with van der Waals surface area (Å²) in [6.45, 7) is 6.30. The van der Waals surface area contributed by atoms with Crippen LogP contribution in [-0.4, -0.2) is 30.4 Å². The number of nitrogens with zero attached hydrogens (tertiary/aromatic N) is 2. The summed E-state index contributed by atoms with van der Waals surface area (Å²) < 4.78 is 0. The molecule has 18 heavy (non-hydrogen) atoms. The van der Waals surface area contributed by atoms with E-state index in [9.17, 15) is 4.79 Å². The number of nitriles is 1. The molecule has 1 rings (SSSR count). The monoisotopic (exact) mass is 245 g/mol. The fourth-order valence-corrected chi connectivity index (χ4v) is 1.74. The Morgan fingerprint density at radius 2 is 2.22 bits per heavy atom. The molecular formula is C14H19N3O. The lowest BCUT2D eigenvalue weighted by Gasteiger charge is -2.18. The molecule has 0 saturated carbocycles. The Labute approximate surface area is 108 Å². The van der Waals surface area contributed by atoms with Crippen LogP contribution >= 0.6 is 0 Å². The van der Waals surface area contributed by atoms with Crippen molar-refractivity contribution in [2.75, 3.05) is 25.0 Å². The molecule has 4 heteroatoms. The third-order valence-electron chi connectivity index (χ3n) is 2.63. The minimum Gasteiger partial charge on any atom is -0.325 e. The number of hydrogen-bond acceptors (Lipinski definition) is 3. The molecule has 96 valence electrons. The van der Waals surface area contributed by atoms with E-state index in [2.05, 4.69) is 23.2 Å². The van der Waals surface area contributed by atoms with Crippen LogP contribution in [0.1, 0.15) is 25.8 Å². The Morgan fingerprint density at radius 1 is 1.44 bits per heavy atom. The highest BCUT2D eigenvalue weighted by molar-refractivity contribution is 5.92. The molecule has 0 heterocycles. The standard InChI is InChI=1S/C14H19N3O/c1-3-8-17(4-2)11-14(18)16-13-7-5-6-12(9-13)10-15/h5-7,9H,3-4,8,11H2,1-2H3,(H,16,18). The van der Waals surface area contributed by atoms with E-state index in [1.807, 2.05) is 6.92 Å². The van der Waals surface area contributed by atoms with Crippen molar-refractivity contribution in [3.63, 3.8) is 0 Å². The highest BCUT2D eigenvalue weighted by atomic mass is 16.2. The number of carbonyl (C=O) groups is 1. The molecule has 0 radical (unpaired) electrons. The summed E-state index contributed by atoms with van der Waals surface area (Å²) in [5.41, 5.74) is 1.22. The number of anilines is 1. The third-order valence-corrected chi connectivity index (χ3v) is 2.63. The van der Waals surface area contributed by atoms with E-state index in [4.69, 9.17) is 5.26 Å². The molecule has 0 bridgehead atoms. The Kier molecular flexibility index (Phi) is 5.89. The van der Waals surface area contributed by atoms with Crippen molar-refractivity contribution >= 4 is 11.6 Å². The number of benzene rings is 1. The van der Waals surface area contributed by atoms with E-state index in [0.29, 0.717) is 17.8 Å². The first-order valence-corrected chi connectivity index (χ1v) is 6.22. The third kappa shape index (κ3) is 4.56. The molecule has 0 spiro atoms. The van der Waals surface area contributed by atoms with Crippen LogP contribution in [0.4, 0.5) is 5.69 Å². The lowest BCUT2D eigenvalue weighted by molar-refractivity contribution is -0.117. The Balaban J connectivity index is 2.56. The van der Waals surface area contributed by atoms with Crippen molar-refractivity contribution in [2.24, 2.45) is 0 Å². The maximum atomic E-state index is 11.8. The SMILES string of the molecule is CCCN(CC)CC(=O)Nc1cccc(C#N)c1. The Bertz CT molecular complexity index is 437. The first kappa shape index (κ1) is 14.2. The van der Waals surface area contributed by atoms with Crippen LogP contribution in [0.15, 0.2) is 24.3 Å². The molecule has 0 unspecified atom stereocenters. The summed E-state index contributed by atoms with van der Waals surface area (Å²) in [6.07, 6.45) is 1.03. The summed E-state index contributed by atoms with van der Waals surface area (Å²) in [5, 5.41) is 11.6. The predicted octanol–water partition coefficient (Wildman–Crippen LogP) is 2.23. The molecule has 1 aromatic carbocycles. The molecule has 0 saturated heterocycles. The smallest absolute Gasteiger partial charge is 0.238 e. The zero-order valence-electron chi connectivity index (χ0n) is 10.9. The van der Waals surface area contributed by atoms with E-state index in [-0.39, 0.29) is 5.91 Å². The number of rotatable bonds is 6. The topological polar surface area (TPSA) is 56.1 Å². The van der Waals surface area contributed by atoms with Crippen LogP contribution < -0.4 is 5.32 Å². The van der Waals surface area contributed by atoms with Gasteiger partial charge >= 0.3 is 0 Å². The van der Waals surface area contributed by atoms with Crippen LogP contribution in [0, 0.1) is 11.3 Å². The van der Waals surface area contributed by atoms with E-state index >= 15 is 0 Å². The minimum absolute atomic E-state index is 0.0413. The summed E-state index contributed by atoms with van der Waals surface area (Å²) in [7, 11) is 0. The van der Waals surface area contributed by atoms with Gasteiger partial charge in [0.05, 0.1) is 18.2 Å². The van der Waals surface area contributed by atoms with Crippen LogP contribution in [-0.2, 0) is 4.79 Å². The van der Waals surface area contributed by atoms with Gasteiger partial charge in [-0.1, -0.05) is 19.9 Å². The summed E-state index contributed by atoms with van der Waals surface area (Å²) in [6, 6.07) is 8.99. The van der Waals surface area contributed by atoms with Gasteiger partial charge in [0.2, 0.25) is 5.91 Å². The van der Waals surface area contributed by atoms with E-state index in [1.165, 1.54) is 0 Å². The average molecular weight is 245 g/mol. The average Bonchev–Trinajstić information content (AvgIpc) is 2.38. The van der Waals surface area contributed by atoms with Gasteiger partial charge in [-0.15, -0.1) is 0 Å². The fraction of sp³-hybridized carbons (Fsp3) is 0.429. The van der Waals surface area contributed by atoms with Gasteiger partial charge in [0.15, 0.2) is 0 Å². The second kappa shape index (κ2) is 7.46. The Morgan fingerprint density at radius 3 is 2.83 bits per heavy atom. The van der Waals surface area contributed by atoms with Crippen molar-refractivity contribution < 1.29 is 4.79 Å². The number of nitrogens with one attached hydrogen (secondary N) is 1. The van der Waals surface area contributed by atoms with Crippen LogP contribution in [0.2, 0.25) is 0 Å². The molecule has 0 atom stereocenters. The molecule has 1 aromatic rings. The maximum Gasteiger partial charge on any atom is 0.238 e. The zero-order chi connectivity index (χ0) is 13.4. The van der Waals surface area contributed by atoms with Gasteiger partial charge in [0.1, 0.15) is 0 Å². The molecule has 0 aliphatic rings. The quantitative estimate of drug-likeness (QED) is 0.836. The normalized spacial score (nSPS) is 10.1. The van der Waals surface area contributed by atoms with Gasteiger partial charge in [-0.2, -0.15) is 5.26 Å². The molecule has 4 nitrogen and oxygen atoms in total. The fourth-order valence-electron chi connectivity index (χ4n) is 1.74. The highest BCUT2D eigenvalue weighted by Gasteiger charge is 2.08. The van der Waals surface area contributed by atoms with E-state index < -0.39 is 0 Å². The van der Waals surface area contributed by atoms with Crippen molar-refractivity contribution in [1.82, 2.24) is 4.90 Å². The number of amides is 1. The molecule has 1 amide bonds. The van der Waals surface area contributed by atoms with Crippen LogP contribution in [0.3, 0.4) is 0 Å². The second-order valence-electron chi connectivity index (χ2n) is 4.11. The van der Waals surface area contributed by atoms with Crippen LogP contribution in [0.25, 0.3) is 0 Å².